The first-order valence-electron chi connectivity index (χ1n) is 10.3. The van der Waals surface area contributed by atoms with Gasteiger partial charge in [0.25, 0.3) is 11.5 Å². The molecule has 1 heterocycles. The van der Waals surface area contributed by atoms with Crippen molar-refractivity contribution in [2.24, 2.45) is 35.3 Å². The Labute approximate surface area is 164 Å². The van der Waals surface area contributed by atoms with Crippen molar-refractivity contribution < 1.29 is 4.79 Å². The van der Waals surface area contributed by atoms with Crippen molar-refractivity contribution in [2.75, 3.05) is 0 Å². The van der Waals surface area contributed by atoms with Crippen molar-refractivity contribution in [2.45, 2.75) is 45.4 Å². The van der Waals surface area contributed by atoms with E-state index >= 15 is 0 Å². The smallest absolute Gasteiger partial charge is 0.267 e. The van der Waals surface area contributed by atoms with E-state index in [-0.39, 0.29) is 22.6 Å². The third-order valence-electron chi connectivity index (χ3n) is 7.30. The molecular formula is C22H26N4O2. The van der Waals surface area contributed by atoms with Crippen LogP contribution < -0.4 is 11.0 Å². The monoisotopic (exact) mass is 378 g/mol. The largest absolute Gasteiger partial charge is 0.292 e. The van der Waals surface area contributed by atoms with Gasteiger partial charge >= 0.3 is 0 Å². The lowest BCUT2D eigenvalue weighted by molar-refractivity contribution is -0.0128. The van der Waals surface area contributed by atoms with Crippen molar-refractivity contribution in [3.05, 3.63) is 40.3 Å². The number of aryl methyl sites for hydroxylation is 1. The lowest BCUT2D eigenvalue weighted by Gasteiger charge is -2.56. The molecule has 4 bridgehead atoms. The van der Waals surface area contributed by atoms with E-state index in [2.05, 4.69) is 22.5 Å². The predicted molar refractivity (Wildman–Crippen MR) is 108 cm³/mol. The Morgan fingerprint density at radius 3 is 2.29 bits per heavy atom. The summed E-state index contributed by atoms with van der Waals surface area (Å²) in [5, 5.41) is 9.79. The molecule has 0 radical (unpaired) electrons. The van der Waals surface area contributed by atoms with Crippen LogP contribution in [0.2, 0.25) is 0 Å². The molecule has 28 heavy (non-hydrogen) atoms. The zero-order valence-electron chi connectivity index (χ0n) is 16.4. The second-order valence-electron chi connectivity index (χ2n) is 9.16. The number of amides is 1. The highest BCUT2D eigenvalue weighted by Crippen LogP contribution is 2.60. The summed E-state index contributed by atoms with van der Waals surface area (Å²) in [5.74, 6) is 2.14. The number of aromatic nitrogens is 2. The summed E-state index contributed by atoms with van der Waals surface area (Å²) < 4.78 is 1.22. The number of hydrogen-bond donors (Lipinski definition) is 1. The average Bonchev–Trinajstić information content (AvgIpc) is 2.67. The lowest BCUT2D eigenvalue weighted by Crippen LogP contribution is -2.49. The van der Waals surface area contributed by atoms with Crippen LogP contribution in [-0.2, 0) is 7.05 Å². The van der Waals surface area contributed by atoms with Crippen LogP contribution in [0.25, 0.3) is 10.8 Å². The number of rotatable bonds is 3. The number of hydrogen-bond acceptors (Lipinski definition) is 4. The zero-order chi connectivity index (χ0) is 19.5. The molecule has 4 aliphatic rings. The van der Waals surface area contributed by atoms with Crippen LogP contribution in [-0.4, -0.2) is 21.4 Å². The molecule has 1 aromatic carbocycles. The summed E-state index contributed by atoms with van der Waals surface area (Å²) in [6, 6.07) is 7.08. The minimum Gasteiger partial charge on any atom is -0.267 e. The third-order valence-corrected chi connectivity index (χ3v) is 7.30. The first-order chi connectivity index (χ1) is 13.4. The number of nitrogens with one attached hydrogen (secondary N) is 1. The zero-order valence-corrected chi connectivity index (χ0v) is 16.4. The van der Waals surface area contributed by atoms with E-state index in [1.54, 1.807) is 25.2 Å². The number of hydrazone groups is 1. The molecule has 146 valence electrons. The van der Waals surface area contributed by atoms with Crippen LogP contribution in [0, 0.1) is 23.2 Å². The minimum absolute atomic E-state index is 0.168. The Bertz CT molecular complexity index is 1020. The van der Waals surface area contributed by atoms with Gasteiger partial charge in [-0.25, -0.2) is 10.1 Å². The molecule has 0 aliphatic heterocycles. The number of nitrogens with zero attached hydrogens (tertiary/aromatic N) is 3. The third kappa shape index (κ3) is 2.69. The first kappa shape index (κ1) is 17.6. The van der Waals surface area contributed by atoms with E-state index in [1.807, 2.05) is 6.07 Å². The van der Waals surface area contributed by atoms with Gasteiger partial charge in [0.2, 0.25) is 0 Å². The molecule has 1 aromatic heterocycles. The maximum Gasteiger partial charge on any atom is 0.292 e. The summed E-state index contributed by atoms with van der Waals surface area (Å²) in [6.07, 6.45) is 7.79. The fraction of sp³-hybridized carbons (Fsp3) is 0.545. The molecule has 6 nitrogen and oxygen atoms in total. The highest BCUT2D eigenvalue weighted by Gasteiger charge is 2.52. The highest BCUT2D eigenvalue weighted by atomic mass is 16.2. The van der Waals surface area contributed by atoms with E-state index in [0.717, 1.165) is 23.5 Å². The van der Waals surface area contributed by atoms with E-state index in [0.29, 0.717) is 10.8 Å². The fourth-order valence-corrected chi connectivity index (χ4v) is 6.33. The van der Waals surface area contributed by atoms with Gasteiger partial charge in [0.15, 0.2) is 5.69 Å². The molecule has 1 N–H and O–H groups in total. The molecule has 0 saturated heterocycles. The van der Waals surface area contributed by atoms with Gasteiger partial charge in [-0.15, -0.1) is 0 Å². The van der Waals surface area contributed by atoms with Crippen molar-refractivity contribution in [1.29, 1.82) is 0 Å². The Hall–Kier alpha value is -2.50. The topological polar surface area (TPSA) is 76.3 Å². The molecule has 4 saturated carbocycles. The standard InChI is InChI=1S/C22H26N4O2/c1-13(22-10-14-7-15(11-22)9-16(8-14)12-22)23-24-20(27)19-17-5-3-4-6-18(17)21(28)26(2)25-19/h3-6,14-16H,7-12H2,1-2H3,(H,24,27)/b23-13-. The van der Waals surface area contributed by atoms with Gasteiger partial charge in [0, 0.05) is 23.6 Å². The fourth-order valence-electron chi connectivity index (χ4n) is 6.33. The van der Waals surface area contributed by atoms with E-state index < -0.39 is 0 Å². The Balaban J connectivity index is 1.43. The van der Waals surface area contributed by atoms with Gasteiger partial charge in [-0.05, 0) is 69.3 Å². The van der Waals surface area contributed by atoms with E-state index in [1.165, 1.54) is 43.2 Å². The van der Waals surface area contributed by atoms with Crippen LogP contribution >= 0.6 is 0 Å². The second-order valence-corrected chi connectivity index (χ2v) is 9.16. The summed E-state index contributed by atoms with van der Waals surface area (Å²) in [7, 11) is 1.56. The Morgan fingerprint density at radius 1 is 1.11 bits per heavy atom. The lowest BCUT2D eigenvalue weighted by atomic mass is 9.48. The van der Waals surface area contributed by atoms with Crippen molar-refractivity contribution in [3.63, 3.8) is 0 Å². The molecule has 6 rings (SSSR count). The van der Waals surface area contributed by atoms with Crippen molar-refractivity contribution in [3.8, 4) is 0 Å². The second kappa shape index (κ2) is 6.26. The summed E-state index contributed by atoms with van der Waals surface area (Å²) in [6.45, 7) is 2.07. The molecule has 0 unspecified atom stereocenters. The average molecular weight is 378 g/mol. The van der Waals surface area contributed by atoms with Crippen LogP contribution in [0.4, 0.5) is 0 Å². The van der Waals surface area contributed by atoms with Gasteiger partial charge in [0.1, 0.15) is 0 Å². The van der Waals surface area contributed by atoms with Gasteiger partial charge < -0.3 is 0 Å². The van der Waals surface area contributed by atoms with Crippen molar-refractivity contribution >= 4 is 22.4 Å². The summed E-state index contributed by atoms with van der Waals surface area (Å²) in [5.41, 5.74) is 3.98. The molecule has 4 fully saturated rings. The molecule has 0 spiro atoms. The van der Waals surface area contributed by atoms with Crippen LogP contribution in [0.1, 0.15) is 55.9 Å². The summed E-state index contributed by atoms with van der Waals surface area (Å²) >= 11 is 0. The van der Waals surface area contributed by atoms with E-state index in [4.69, 9.17) is 0 Å². The summed E-state index contributed by atoms with van der Waals surface area (Å²) in [4.78, 5) is 25.1. The van der Waals surface area contributed by atoms with Crippen LogP contribution in [0.3, 0.4) is 0 Å². The quantitative estimate of drug-likeness (QED) is 0.658. The normalized spacial score (nSPS) is 31.4. The van der Waals surface area contributed by atoms with Crippen LogP contribution in [0.15, 0.2) is 34.2 Å². The van der Waals surface area contributed by atoms with Gasteiger partial charge in [-0.3, -0.25) is 9.59 Å². The molecule has 1 amide bonds. The first-order valence-corrected chi connectivity index (χ1v) is 10.3. The predicted octanol–water partition coefficient (Wildman–Crippen LogP) is 3.26. The SMILES string of the molecule is C/C(=N/NC(=O)c1nn(C)c(=O)c2ccccc12)C12CC3CC(CC(C3)C1)C2. The minimum atomic E-state index is -0.365. The molecule has 6 heteroatoms. The Kier molecular flexibility index (Phi) is 3.93. The number of carbonyl (C=O) groups is 1. The van der Waals surface area contributed by atoms with Gasteiger partial charge in [-0.2, -0.15) is 10.2 Å². The highest BCUT2D eigenvalue weighted by molar-refractivity contribution is 6.05. The maximum absolute atomic E-state index is 12.9. The maximum atomic E-state index is 12.9. The Morgan fingerprint density at radius 2 is 1.68 bits per heavy atom. The van der Waals surface area contributed by atoms with Crippen LogP contribution in [0.5, 0.6) is 0 Å². The number of carbonyl (C=O) groups excluding carboxylic acids is 1. The molecule has 2 aromatic rings. The molecule has 4 aliphatic carbocycles. The van der Waals surface area contributed by atoms with Crippen molar-refractivity contribution in [1.82, 2.24) is 15.2 Å². The number of fused-ring (bicyclic) bond motifs is 1. The van der Waals surface area contributed by atoms with E-state index in [9.17, 15) is 9.59 Å². The number of benzene rings is 1. The van der Waals surface area contributed by atoms with Gasteiger partial charge in [-0.1, -0.05) is 18.2 Å². The molecule has 0 atom stereocenters. The molecular weight excluding hydrogens is 352 g/mol. The van der Waals surface area contributed by atoms with Gasteiger partial charge in [0.05, 0.1) is 5.39 Å².